The summed E-state index contributed by atoms with van der Waals surface area (Å²) in [5.74, 6) is 1.29. The quantitative estimate of drug-likeness (QED) is 0.168. The Kier molecular flexibility index (Phi) is 7.07. The van der Waals surface area contributed by atoms with E-state index in [1.165, 1.54) is 0 Å². The van der Waals surface area contributed by atoms with E-state index in [1.807, 2.05) is 72.8 Å². The number of fused-ring (bicyclic) bond motifs is 6. The van der Waals surface area contributed by atoms with Crippen LogP contribution in [-0.2, 0) is 0 Å². The molecular formula is C46H26N8. The standard InChI is InChI=1S/C46H26N8/c1-48-43-42(53-38-13-4-2-11-34(38)36-26-31(15-18-40(36)53)45-49-21-7-22-50-45)20-17-33(30-10-6-9-29(25-30)28-47)44(43)54-39-14-5-3-12-35(39)37-27-32(16-19-41(37)54)46-51-23-8-24-52-46/h2-27H. The van der Waals surface area contributed by atoms with E-state index in [0.29, 0.717) is 22.9 Å². The predicted octanol–water partition coefficient (Wildman–Crippen LogP) is 10.9. The Morgan fingerprint density at radius 2 is 1.06 bits per heavy atom. The number of nitrogens with zero attached hydrogens (tertiary/aromatic N) is 8. The maximum absolute atomic E-state index is 9.90. The van der Waals surface area contributed by atoms with Gasteiger partial charge in [0.15, 0.2) is 11.6 Å². The van der Waals surface area contributed by atoms with Crippen LogP contribution in [0.5, 0.6) is 0 Å². The first-order valence-electron chi connectivity index (χ1n) is 17.4. The minimum absolute atomic E-state index is 0.478. The van der Waals surface area contributed by atoms with Gasteiger partial charge >= 0.3 is 0 Å². The van der Waals surface area contributed by atoms with E-state index >= 15 is 0 Å². The summed E-state index contributed by atoms with van der Waals surface area (Å²) in [6.45, 7) is 8.91. The van der Waals surface area contributed by atoms with Crippen LogP contribution in [0, 0.1) is 17.9 Å². The SMILES string of the molecule is [C-]#[N+]c1c(-n2c3ccccc3c3cc(-c4ncccn4)ccc32)ccc(-c2cccc(C#N)c2)c1-n1c2ccccc2c2cc(-c3ncccn3)ccc21. The van der Waals surface area contributed by atoms with Crippen molar-refractivity contribution in [1.82, 2.24) is 29.1 Å². The minimum atomic E-state index is 0.478. The van der Waals surface area contributed by atoms with E-state index in [2.05, 4.69) is 94.6 Å². The fraction of sp³-hybridized carbons (Fsp3) is 0. The molecule has 6 aromatic carbocycles. The number of nitriles is 1. The van der Waals surface area contributed by atoms with Gasteiger partial charge in [0.25, 0.3) is 0 Å². The predicted molar refractivity (Wildman–Crippen MR) is 214 cm³/mol. The Morgan fingerprint density at radius 3 is 1.65 bits per heavy atom. The summed E-state index contributed by atoms with van der Waals surface area (Å²) in [6, 6.07) is 46.7. The van der Waals surface area contributed by atoms with Crippen LogP contribution in [0.4, 0.5) is 5.69 Å². The minimum Gasteiger partial charge on any atom is -0.319 e. The molecule has 0 fully saturated rings. The first-order valence-corrected chi connectivity index (χ1v) is 17.4. The molecule has 0 spiro atoms. The van der Waals surface area contributed by atoms with E-state index in [4.69, 9.17) is 6.57 Å². The lowest BCUT2D eigenvalue weighted by atomic mass is 9.99. The van der Waals surface area contributed by atoms with E-state index in [9.17, 15) is 5.26 Å². The third-order valence-corrected chi connectivity index (χ3v) is 10.0. The maximum Gasteiger partial charge on any atom is 0.234 e. The normalized spacial score (nSPS) is 11.3. The molecule has 10 aromatic rings. The van der Waals surface area contributed by atoms with Crippen LogP contribution in [0.15, 0.2) is 158 Å². The molecular weight excluding hydrogens is 665 g/mol. The van der Waals surface area contributed by atoms with Gasteiger partial charge in [0.2, 0.25) is 5.69 Å². The summed E-state index contributed by atoms with van der Waals surface area (Å²) in [7, 11) is 0. The Labute approximate surface area is 309 Å². The van der Waals surface area contributed by atoms with Crippen LogP contribution in [0.3, 0.4) is 0 Å². The molecule has 0 bridgehead atoms. The highest BCUT2D eigenvalue weighted by atomic mass is 15.1. The molecule has 0 N–H and O–H groups in total. The summed E-state index contributed by atoms with van der Waals surface area (Å²) in [4.78, 5) is 22.4. The molecule has 4 aromatic heterocycles. The molecule has 0 saturated heterocycles. The van der Waals surface area contributed by atoms with Crippen molar-refractivity contribution in [2.24, 2.45) is 0 Å². The zero-order valence-electron chi connectivity index (χ0n) is 28.6. The number of aromatic nitrogens is 6. The molecule has 8 nitrogen and oxygen atoms in total. The van der Waals surface area contributed by atoms with Gasteiger partial charge in [-0.3, -0.25) is 0 Å². The molecule has 0 saturated carbocycles. The molecule has 0 aliphatic carbocycles. The van der Waals surface area contributed by atoms with E-state index in [1.54, 1.807) is 30.9 Å². The van der Waals surface area contributed by atoms with Gasteiger partial charge in [0.1, 0.15) is 0 Å². The van der Waals surface area contributed by atoms with Gasteiger partial charge < -0.3 is 9.13 Å². The van der Waals surface area contributed by atoms with Crippen LogP contribution in [-0.4, -0.2) is 29.1 Å². The molecule has 250 valence electrons. The highest BCUT2D eigenvalue weighted by Crippen LogP contribution is 2.46. The van der Waals surface area contributed by atoms with Gasteiger partial charge in [-0.15, -0.1) is 0 Å². The number of hydrogen-bond donors (Lipinski definition) is 0. The van der Waals surface area contributed by atoms with Crippen molar-refractivity contribution >= 4 is 49.3 Å². The van der Waals surface area contributed by atoms with Gasteiger partial charge in [-0.05, 0) is 90.0 Å². The Balaban J connectivity index is 1.31. The summed E-state index contributed by atoms with van der Waals surface area (Å²) in [5, 5.41) is 14.0. The van der Waals surface area contributed by atoms with Crippen molar-refractivity contribution in [3.05, 3.63) is 175 Å². The van der Waals surface area contributed by atoms with Gasteiger partial charge in [-0.1, -0.05) is 54.6 Å². The third-order valence-electron chi connectivity index (χ3n) is 10.0. The maximum atomic E-state index is 9.90. The molecule has 0 atom stereocenters. The lowest BCUT2D eigenvalue weighted by molar-refractivity contribution is 1.14. The summed E-state index contributed by atoms with van der Waals surface area (Å²) in [5.41, 5.74) is 9.81. The average molecular weight is 691 g/mol. The zero-order chi connectivity index (χ0) is 36.2. The summed E-state index contributed by atoms with van der Waals surface area (Å²) >= 11 is 0. The lowest BCUT2D eigenvalue weighted by Gasteiger charge is -2.20. The second-order valence-corrected chi connectivity index (χ2v) is 12.9. The number of rotatable bonds is 5. The van der Waals surface area contributed by atoms with Gasteiger partial charge in [0, 0.05) is 57.5 Å². The van der Waals surface area contributed by atoms with Gasteiger partial charge in [0.05, 0.1) is 51.6 Å². The molecule has 4 heterocycles. The third kappa shape index (κ3) is 4.76. The highest BCUT2D eigenvalue weighted by molar-refractivity contribution is 6.13. The monoisotopic (exact) mass is 690 g/mol. The van der Waals surface area contributed by atoms with Crippen molar-refractivity contribution in [1.29, 1.82) is 5.26 Å². The van der Waals surface area contributed by atoms with Crippen LogP contribution in [0.2, 0.25) is 0 Å². The van der Waals surface area contributed by atoms with Crippen LogP contribution < -0.4 is 0 Å². The first kappa shape index (κ1) is 30.8. The topological polar surface area (TPSA) is 89.6 Å². The second kappa shape index (κ2) is 12.4. The Morgan fingerprint density at radius 1 is 0.500 bits per heavy atom. The van der Waals surface area contributed by atoms with E-state index in [0.717, 1.165) is 77.2 Å². The van der Waals surface area contributed by atoms with Gasteiger partial charge in [-0.25, -0.2) is 24.8 Å². The molecule has 0 aliphatic heterocycles. The molecule has 0 aliphatic rings. The molecule has 0 amide bonds. The first-order chi connectivity index (χ1) is 26.7. The zero-order valence-corrected chi connectivity index (χ0v) is 28.6. The van der Waals surface area contributed by atoms with Crippen LogP contribution in [0.25, 0.3) is 93.7 Å². The van der Waals surface area contributed by atoms with Crippen molar-refractivity contribution in [2.45, 2.75) is 0 Å². The van der Waals surface area contributed by atoms with Crippen LogP contribution in [0.1, 0.15) is 5.56 Å². The summed E-state index contributed by atoms with van der Waals surface area (Å²) in [6.07, 6.45) is 6.99. The number of para-hydroxylation sites is 2. The Hall–Kier alpha value is -7.94. The van der Waals surface area contributed by atoms with Crippen molar-refractivity contribution in [3.63, 3.8) is 0 Å². The van der Waals surface area contributed by atoms with E-state index in [-0.39, 0.29) is 0 Å². The fourth-order valence-electron chi connectivity index (χ4n) is 7.70. The average Bonchev–Trinajstić information content (AvgIpc) is 3.75. The van der Waals surface area contributed by atoms with Crippen molar-refractivity contribution in [2.75, 3.05) is 0 Å². The van der Waals surface area contributed by atoms with E-state index < -0.39 is 0 Å². The van der Waals surface area contributed by atoms with Gasteiger partial charge in [-0.2, -0.15) is 5.26 Å². The molecule has 54 heavy (non-hydrogen) atoms. The number of hydrogen-bond acceptors (Lipinski definition) is 5. The molecule has 8 heteroatoms. The summed E-state index contributed by atoms with van der Waals surface area (Å²) < 4.78 is 4.38. The smallest absolute Gasteiger partial charge is 0.234 e. The van der Waals surface area contributed by atoms with Crippen molar-refractivity contribution in [3.8, 4) is 51.3 Å². The number of benzene rings is 6. The Bertz CT molecular complexity index is 3180. The largest absolute Gasteiger partial charge is 0.319 e. The second-order valence-electron chi connectivity index (χ2n) is 12.9. The molecule has 0 unspecified atom stereocenters. The fourth-order valence-corrected chi connectivity index (χ4v) is 7.70. The molecule has 0 radical (unpaired) electrons. The lowest BCUT2D eigenvalue weighted by Crippen LogP contribution is -2.02. The molecule has 10 rings (SSSR count). The van der Waals surface area contributed by atoms with Crippen molar-refractivity contribution < 1.29 is 0 Å². The van der Waals surface area contributed by atoms with Crippen LogP contribution >= 0.6 is 0 Å². The highest BCUT2D eigenvalue weighted by Gasteiger charge is 2.25.